The summed E-state index contributed by atoms with van der Waals surface area (Å²) in [6.07, 6.45) is 9.41. The smallest absolute Gasteiger partial charge is 0.0998 e. The second kappa shape index (κ2) is 12.9. The summed E-state index contributed by atoms with van der Waals surface area (Å²) in [5.74, 6) is -0.156. The summed E-state index contributed by atoms with van der Waals surface area (Å²) >= 11 is 11.6. The van der Waals surface area contributed by atoms with Crippen LogP contribution in [0.2, 0.25) is 10.0 Å². The second-order valence-electron chi connectivity index (χ2n) is 7.26. The molecule has 4 aromatic rings. The number of rotatable bonds is 5. The average Bonchev–Trinajstić information content (AvgIpc) is 2.89. The Kier molecular flexibility index (Phi) is 9.38. The Labute approximate surface area is 209 Å². The first kappa shape index (κ1) is 24.7. The maximum absolute atomic E-state index is 9.21. The first-order valence-corrected chi connectivity index (χ1v) is 11.2. The van der Waals surface area contributed by atoms with Gasteiger partial charge in [0.05, 0.1) is 23.6 Å². The summed E-state index contributed by atoms with van der Waals surface area (Å²) in [4.78, 5) is 8.05. The molecule has 0 saturated carbocycles. The zero-order chi connectivity index (χ0) is 24.2. The van der Waals surface area contributed by atoms with Crippen molar-refractivity contribution in [1.29, 1.82) is 10.5 Å². The van der Waals surface area contributed by atoms with Crippen LogP contribution in [0.4, 0.5) is 0 Å². The van der Waals surface area contributed by atoms with E-state index in [2.05, 4.69) is 22.1 Å². The molecule has 34 heavy (non-hydrogen) atoms. The van der Waals surface area contributed by atoms with Gasteiger partial charge in [-0.1, -0.05) is 59.6 Å². The van der Waals surface area contributed by atoms with Gasteiger partial charge in [0.1, 0.15) is 0 Å². The van der Waals surface area contributed by atoms with E-state index in [0.717, 1.165) is 22.3 Å². The minimum Gasteiger partial charge on any atom is -0.264 e. The molecule has 0 amide bonds. The zero-order valence-corrected chi connectivity index (χ0v) is 19.7. The molecule has 166 valence electrons. The number of pyridine rings is 2. The number of benzene rings is 2. The minimum absolute atomic E-state index is 0.156. The zero-order valence-electron chi connectivity index (χ0n) is 18.1. The molecule has 4 rings (SSSR count). The SMILES string of the molecule is N#C/C(=C/c1cccnc1)c1ccc(Cl)cc1.N#CC(Cc1cccnc1)c1ccc(Cl)cc1. The van der Waals surface area contributed by atoms with Gasteiger partial charge in [-0.2, -0.15) is 10.5 Å². The summed E-state index contributed by atoms with van der Waals surface area (Å²) in [7, 11) is 0. The topological polar surface area (TPSA) is 73.4 Å². The highest BCUT2D eigenvalue weighted by atomic mass is 35.5. The van der Waals surface area contributed by atoms with Crippen molar-refractivity contribution in [3.05, 3.63) is 130 Å². The van der Waals surface area contributed by atoms with Crippen molar-refractivity contribution in [1.82, 2.24) is 9.97 Å². The Balaban J connectivity index is 0.000000191. The molecule has 4 nitrogen and oxygen atoms in total. The van der Waals surface area contributed by atoms with Crippen LogP contribution in [0, 0.1) is 22.7 Å². The Bertz CT molecular complexity index is 1290. The van der Waals surface area contributed by atoms with Gasteiger partial charge in [0.15, 0.2) is 0 Å². The van der Waals surface area contributed by atoms with Gasteiger partial charge in [0.25, 0.3) is 0 Å². The van der Waals surface area contributed by atoms with Gasteiger partial charge in [-0.15, -0.1) is 0 Å². The summed E-state index contributed by atoms with van der Waals surface area (Å²) in [5, 5.41) is 19.7. The molecule has 0 fully saturated rings. The third-order valence-corrected chi connectivity index (χ3v) is 5.37. The summed E-state index contributed by atoms with van der Waals surface area (Å²) in [6, 6.07) is 26.7. The van der Waals surface area contributed by atoms with E-state index < -0.39 is 0 Å². The molecule has 0 aliphatic heterocycles. The van der Waals surface area contributed by atoms with Crippen LogP contribution in [0.15, 0.2) is 97.6 Å². The molecule has 0 aliphatic carbocycles. The van der Waals surface area contributed by atoms with Crippen LogP contribution < -0.4 is 0 Å². The average molecular weight is 483 g/mol. The number of nitrogens with zero attached hydrogens (tertiary/aromatic N) is 4. The third-order valence-electron chi connectivity index (χ3n) is 4.86. The predicted molar refractivity (Wildman–Crippen MR) is 137 cm³/mol. The van der Waals surface area contributed by atoms with Gasteiger partial charge in [-0.25, -0.2) is 0 Å². The number of halogens is 2. The number of nitriles is 2. The molecule has 0 bridgehead atoms. The second-order valence-corrected chi connectivity index (χ2v) is 8.13. The van der Waals surface area contributed by atoms with Crippen molar-refractivity contribution >= 4 is 34.9 Å². The predicted octanol–water partition coefficient (Wildman–Crippen LogP) is 7.38. The van der Waals surface area contributed by atoms with Crippen LogP contribution in [0.3, 0.4) is 0 Å². The van der Waals surface area contributed by atoms with E-state index in [1.54, 1.807) is 43.0 Å². The van der Waals surface area contributed by atoms with Crippen molar-refractivity contribution in [3.63, 3.8) is 0 Å². The third kappa shape index (κ3) is 7.57. The van der Waals surface area contributed by atoms with Crippen molar-refractivity contribution in [3.8, 4) is 12.1 Å². The van der Waals surface area contributed by atoms with Crippen molar-refractivity contribution < 1.29 is 0 Å². The standard InChI is InChI=1S/C14H11ClN2.C14H9ClN2/c2*15-14-5-3-12(4-6-14)13(9-16)8-11-2-1-7-17-10-11/h1-7,10,13H,8H2;1-8,10H/b;13-8-. The first-order chi connectivity index (χ1) is 16.6. The molecule has 2 aromatic carbocycles. The Morgan fingerprint density at radius 1 is 0.824 bits per heavy atom. The fourth-order valence-corrected chi connectivity index (χ4v) is 3.38. The molecule has 1 atom stereocenters. The Hall–Kier alpha value is -3.96. The quantitative estimate of drug-likeness (QED) is 0.278. The molecule has 0 radical (unpaired) electrons. The fraction of sp³-hybridized carbons (Fsp3) is 0.0714. The number of hydrogen-bond acceptors (Lipinski definition) is 4. The van der Waals surface area contributed by atoms with E-state index in [-0.39, 0.29) is 5.92 Å². The van der Waals surface area contributed by atoms with E-state index in [0.29, 0.717) is 22.0 Å². The Morgan fingerprint density at radius 2 is 1.44 bits per heavy atom. The van der Waals surface area contributed by atoms with Gasteiger partial charge >= 0.3 is 0 Å². The summed E-state index contributed by atoms with van der Waals surface area (Å²) in [5.41, 5.74) is 4.39. The lowest BCUT2D eigenvalue weighted by Gasteiger charge is -2.09. The molecule has 1 unspecified atom stereocenters. The number of aromatic nitrogens is 2. The minimum atomic E-state index is -0.156. The molecular weight excluding hydrogens is 463 g/mol. The van der Waals surface area contributed by atoms with Gasteiger partial charge in [-0.05, 0) is 71.1 Å². The molecule has 0 N–H and O–H groups in total. The van der Waals surface area contributed by atoms with Crippen LogP contribution >= 0.6 is 23.2 Å². The summed E-state index contributed by atoms with van der Waals surface area (Å²) in [6.45, 7) is 0. The van der Waals surface area contributed by atoms with Crippen LogP contribution in [0.5, 0.6) is 0 Å². The van der Waals surface area contributed by atoms with E-state index in [4.69, 9.17) is 28.5 Å². The maximum atomic E-state index is 9.21. The highest BCUT2D eigenvalue weighted by molar-refractivity contribution is 6.30. The maximum Gasteiger partial charge on any atom is 0.0998 e. The van der Waals surface area contributed by atoms with Gasteiger partial charge in [-0.3, -0.25) is 9.97 Å². The van der Waals surface area contributed by atoms with Gasteiger partial charge in [0, 0.05) is 34.8 Å². The highest BCUT2D eigenvalue weighted by Gasteiger charge is 2.11. The molecule has 6 heteroatoms. The van der Waals surface area contributed by atoms with Gasteiger partial charge in [0.2, 0.25) is 0 Å². The lowest BCUT2D eigenvalue weighted by atomic mass is 9.94. The van der Waals surface area contributed by atoms with Crippen molar-refractivity contribution in [2.24, 2.45) is 0 Å². The monoisotopic (exact) mass is 482 g/mol. The molecule has 0 spiro atoms. The molecular formula is C28H20Cl2N4. The lowest BCUT2D eigenvalue weighted by Crippen LogP contribution is -2.00. The lowest BCUT2D eigenvalue weighted by molar-refractivity contribution is 0.844. The summed E-state index contributed by atoms with van der Waals surface area (Å²) < 4.78 is 0. The van der Waals surface area contributed by atoms with Crippen LogP contribution in [0.25, 0.3) is 11.6 Å². The van der Waals surface area contributed by atoms with E-state index in [1.807, 2.05) is 60.7 Å². The van der Waals surface area contributed by atoms with E-state index in [9.17, 15) is 5.26 Å². The molecule has 2 heterocycles. The normalized spacial score (nSPS) is 11.4. The highest BCUT2D eigenvalue weighted by Crippen LogP contribution is 2.22. The van der Waals surface area contributed by atoms with Crippen LogP contribution in [0.1, 0.15) is 28.2 Å². The van der Waals surface area contributed by atoms with Gasteiger partial charge < -0.3 is 0 Å². The largest absolute Gasteiger partial charge is 0.264 e. The molecule has 2 aromatic heterocycles. The number of allylic oxidation sites excluding steroid dienone is 1. The van der Waals surface area contributed by atoms with Crippen molar-refractivity contribution in [2.45, 2.75) is 12.3 Å². The number of hydrogen-bond donors (Lipinski definition) is 0. The molecule has 0 aliphatic rings. The Morgan fingerprint density at radius 3 is 1.97 bits per heavy atom. The van der Waals surface area contributed by atoms with Crippen LogP contribution in [-0.2, 0) is 6.42 Å². The van der Waals surface area contributed by atoms with Crippen molar-refractivity contribution in [2.75, 3.05) is 0 Å². The van der Waals surface area contributed by atoms with E-state index >= 15 is 0 Å². The fourth-order valence-electron chi connectivity index (χ4n) is 3.13. The van der Waals surface area contributed by atoms with E-state index in [1.165, 1.54) is 0 Å². The molecule has 0 saturated heterocycles. The first-order valence-electron chi connectivity index (χ1n) is 10.4. The van der Waals surface area contributed by atoms with Crippen LogP contribution in [-0.4, -0.2) is 9.97 Å².